The Hall–Kier alpha value is -1.20. The third-order valence-corrected chi connectivity index (χ3v) is 3.40. The molecule has 1 aromatic carbocycles. The molecule has 0 aliphatic rings. The zero-order valence-electron chi connectivity index (χ0n) is 10.2. The average Bonchev–Trinajstić information content (AvgIpc) is 2.36. The number of rotatable bonds is 3. The van der Waals surface area contributed by atoms with Crippen LogP contribution in [-0.4, -0.2) is 9.55 Å². The van der Waals surface area contributed by atoms with Crippen molar-refractivity contribution in [3.63, 3.8) is 0 Å². The number of nitrogens with zero attached hydrogens (tertiary/aromatic N) is 2. The predicted molar refractivity (Wildman–Crippen MR) is 76.1 cm³/mol. The normalized spacial score (nSPS) is 10.7. The monoisotopic (exact) mass is 344 g/mol. The quantitative estimate of drug-likeness (QED) is 0.799. The SMILES string of the molecule is CCc1nc(Cl)cc(=O)n1Cc1cc(Br)ccc1F. The minimum atomic E-state index is -0.355. The van der Waals surface area contributed by atoms with Crippen LogP contribution in [0.2, 0.25) is 5.15 Å². The molecular formula is C13H11BrClFN2O. The third-order valence-electron chi connectivity index (χ3n) is 2.71. The van der Waals surface area contributed by atoms with E-state index in [1.807, 2.05) is 6.92 Å². The second-order valence-electron chi connectivity index (χ2n) is 4.01. The highest BCUT2D eigenvalue weighted by atomic mass is 79.9. The Morgan fingerprint density at radius 1 is 1.42 bits per heavy atom. The van der Waals surface area contributed by atoms with E-state index in [2.05, 4.69) is 20.9 Å². The summed E-state index contributed by atoms with van der Waals surface area (Å²) in [5.74, 6) is 0.184. The van der Waals surface area contributed by atoms with Gasteiger partial charge in [-0.15, -0.1) is 0 Å². The highest BCUT2D eigenvalue weighted by Crippen LogP contribution is 2.17. The van der Waals surface area contributed by atoms with Gasteiger partial charge in [0, 0.05) is 22.5 Å². The van der Waals surface area contributed by atoms with Crippen LogP contribution in [0.3, 0.4) is 0 Å². The lowest BCUT2D eigenvalue weighted by molar-refractivity contribution is 0.585. The Morgan fingerprint density at radius 2 is 2.16 bits per heavy atom. The highest BCUT2D eigenvalue weighted by molar-refractivity contribution is 9.10. The van der Waals surface area contributed by atoms with Crippen LogP contribution in [0.15, 0.2) is 33.5 Å². The maximum absolute atomic E-state index is 13.7. The maximum Gasteiger partial charge on any atom is 0.255 e. The summed E-state index contributed by atoms with van der Waals surface area (Å²) in [4.78, 5) is 16.0. The number of hydrogen-bond donors (Lipinski definition) is 0. The third kappa shape index (κ3) is 3.22. The van der Waals surface area contributed by atoms with Gasteiger partial charge in [-0.2, -0.15) is 0 Å². The van der Waals surface area contributed by atoms with Gasteiger partial charge >= 0.3 is 0 Å². The van der Waals surface area contributed by atoms with Crippen molar-refractivity contribution < 1.29 is 4.39 Å². The predicted octanol–water partition coefficient (Wildman–Crippen LogP) is 3.41. The molecule has 0 N–H and O–H groups in total. The van der Waals surface area contributed by atoms with Gasteiger partial charge in [-0.05, 0) is 18.2 Å². The molecule has 1 heterocycles. The van der Waals surface area contributed by atoms with Crippen molar-refractivity contribution in [3.05, 3.63) is 61.5 Å². The van der Waals surface area contributed by atoms with Gasteiger partial charge in [0.05, 0.1) is 6.54 Å². The van der Waals surface area contributed by atoms with Crippen LogP contribution in [0.1, 0.15) is 18.3 Å². The van der Waals surface area contributed by atoms with Gasteiger partial charge in [0.2, 0.25) is 0 Å². The fourth-order valence-corrected chi connectivity index (χ4v) is 2.40. The van der Waals surface area contributed by atoms with E-state index in [0.29, 0.717) is 17.8 Å². The Balaban J connectivity index is 2.49. The highest BCUT2D eigenvalue weighted by Gasteiger charge is 2.10. The fraction of sp³-hybridized carbons (Fsp3) is 0.231. The number of aromatic nitrogens is 2. The maximum atomic E-state index is 13.7. The first-order valence-electron chi connectivity index (χ1n) is 5.71. The van der Waals surface area contributed by atoms with Crippen LogP contribution in [-0.2, 0) is 13.0 Å². The zero-order chi connectivity index (χ0) is 14.0. The Morgan fingerprint density at radius 3 is 2.84 bits per heavy atom. The van der Waals surface area contributed by atoms with Crippen molar-refractivity contribution in [1.82, 2.24) is 9.55 Å². The number of hydrogen-bond acceptors (Lipinski definition) is 2. The Bertz CT molecular complexity index is 672. The second-order valence-corrected chi connectivity index (χ2v) is 5.31. The van der Waals surface area contributed by atoms with Gasteiger partial charge < -0.3 is 0 Å². The number of halogens is 3. The Kier molecular flexibility index (Phi) is 4.37. The molecule has 19 heavy (non-hydrogen) atoms. The van der Waals surface area contributed by atoms with E-state index >= 15 is 0 Å². The van der Waals surface area contributed by atoms with Crippen molar-refractivity contribution in [1.29, 1.82) is 0 Å². The first kappa shape index (κ1) is 14.2. The minimum Gasteiger partial charge on any atom is -0.292 e. The van der Waals surface area contributed by atoms with E-state index in [9.17, 15) is 9.18 Å². The molecule has 2 aromatic rings. The molecule has 0 bridgehead atoms. The van der Waals surface area contributed by atoms with E-state index in [0.717, 1.165) is 4.47 Å². The lowest BCUT2D eigenvalue weighted by Crippen LogP contribution is -2.25. The summed E-state index contributed by atoms with van der Waals surface area (Å²) in [6, 6.07) is 5.86. The van der Waals surface area contributed by atoms with E-state index in [4.69, 9.17) is 11.6 Å². The summed E-state index contributed by atoms with van der Waals surface area (Å²) in [6.07, 6.45) is 0.547. The molecule has 6 heteroatoms. The van der Waals surface area contributed by atoms with Crippen LogP contribution in [0.25, 0.3) is 0 Å². The molecule has 0 aliphatic heterocycles. The lowest BCUT2D eigenvalue weighted by Gasteiger charge is -2.11. The molecule has 0 radical (unpaired) electrons. The zero-order valence-corrected chi connectivity index (χ0v) is 12.5. The summed E-state index contributed by atoms with van der Waals surface area (Å²) >= 11 is 9.04. The molecule has 2 rings (SSSR count). The van der Waals surface area contributed by atoms with Crippen LogP contribution < -0.4 is 5.56 Å². The van der Waals surface area contributed by atoms with Gasteiger partial charge in [-0.1, -0.05) is 34.5 Å². The smallest absolute Gasteiger partial charge is 0.255 e. The first-order chi connectivity index (χ1) is 9.01. The molecule has 1 aromatic heterocycles. The summed E-state index contributed by atoms with van der Waals surface area (Å²) in [5, 5.41) is 0.160. The van der Waals surface area contributed by atoms with Gasteiger partial charge in [0.1, 0.15) is 16.8 Å². The Labute approximate surface area is 123 Å². The topological polar surface area (TPSA) is 34.9 Å². The van der Waals surface area contributed by atoms with Crippen molar-refractivity contribution in [2.75, 3.05) is 0 Å². The van der Waals surface area contributed by atoms with E-state index < -0.39 is 0 Å². The molecule has 100 valence electrons. The molecule has 0 atom stereocenters. The largest absolute Gasteiger partial charge is 0.292 e. The standard InChI is InChI=1S/C13H11BrClFN2O/c1-2-12-17-11(15)6-13(19)18(12)7-8-5-9(14)3-4-10(8)16/h3-6H,2,7H2,1H3. The molecule has 0 unspecified atom stereocenters. The molecule has 0 amide bonds. The summed E-state index contributed by atoms with van der Waals surface area (Å²) in [7, 11) is 0. The fourth-order valence-electron chi connectivity index (χ4n) is 1.80. The number of benzene rings is 1. The van der Waals surface area contributed by atoms with E-state index in [-0.39, 0.29) is 23.1 Å². The second kappa shape index (κ2) is 5.84. The van der Waals surface area contributed by atoms with Gasteiger partial charge in [-0.25, -0.2) is 9.37 Å². The number of aryl methyl sites for hydroxylation is 1. The summed E-state index contributed by atoms with van der Waals surface area (Å²) in [6.45, 7) is 2.00. The molecule has 0 spiro atoms. The van der Waals surface area contributed by atoms with Crippen molar-refractivity contribution in [2.45, 2.75) is 19.9 Å². The molecule has 0 saturated carbocycles. The average molecular weight is 346 g/mol. The molecule has 3 nitrogen and oxygen atoms in total. The van der Waals surface area contributed by atoms with Crippen molar-refractivity contribution in [3.8, 4) is 0 Å². The van der Waals surface area contributed by atoms with E-state index in [1.165, 1.54) is 16.7 Å². The molecule has 0 aliphatic carbocycles. The van der Waals surface area contributed by atoms with E-state index in [1.54, 1.807) is 12.1 Å². The minimum absolute atomic E-state index is 0.136. The van der Waals surface area contributed by atoms with Crippen LogP contribution in [0.4, 0.5) is 4.39 Å². The summed E-state index contributed by atoms with van der Waals surface area (Å²) < 4.78 is 15.9. The van der Waals surface area contributed by atoms with Crippen LogP contribution in [0, 0.1) is 5.82 Å². The lowest BCUT2D eigenvalue weighted by atomic mass is 10.2. The first-order valence-corrected chi connectivity index (χ1v) is 6.88. The molecular weight excluding hydrogens is 335 g/mol. The van der Waals surface area contributed by atoms with Gasteiger partial charge in [0.15, 0.2) is 0 Å². The molecule has 0 saturated heterocycles. The van der Waals surface area contributed by atoms with Crippen LogP contribution in [0.5, 0.6) is 0 Å². The van der Waals surface area contributed by atoms with Gasteiger partial charge in [-0.3, -0.25) is 9.36 Å². The van der Waals surface area contributed by atoms with Gasteiger partial charge in [0.25, 0.3) is 5.56 Å². The van der Waals surface area contributed by atoms with Crippen LogP contribution >= 0.6 is 27.5 Å². The van der Waals surface area contributed by atoms with Crippen molar-refractivity contribution in [2.24, 2.45) is 0 Å². The summed E-state index contributed by atoms with van der Waals surface area (Å²) in [5.41, 5.74) is 0.145. The molecule has 0 fully saturated rings. The van der Waals surface area contributed by atoms with Crippen molar-refractivity contribution >= 4 is 27.5 Å².